The Kier molecular flexibility index (Phi) is 5.97. The Labute approximate surface area is 213 Å². The molecule has 3 N–H and O–H groups in total. The molecule has 0 aliphatic heterocycles. The first-order valence-electron chi connectivity index (χ1n) is 11.7. The van der Waals surface area contributed by atoms with Gasteiger partial charge in [0.15, 0.2) is 11.4 Å². The number of carbonyl (C=O) groups is 1. The van der Waals surface area contributed by atoms with Crippen molar-refractivity contribution in [2.45, 2.75) is 20.8 Å². The Hall–Kier alpha value is -4.91. The van der Waals surface area contributed by atoms with Gasteiger partial charge < -0.3 is 15.3 Å². The molecule has 5 rings (SSSR count). The largest absolute Gasteiger partial charge is 0.505 e. The summed E-state index contributed by atoms with van der Waals surface area (Å²) in [6, 6.07) is 23.1. The fourth-order valence-corrected chi connectivity index (χ4v) is 4.36. The number of aryl methyl sites for hydroxylation is 3. The molecule has 1 aromatic heterocycles. The van der Waals surface area contributed by atoms with Gasteiger partial charge in [0, 0.05) is 16.6 Å². The Balaban J connectivity index is 1.62. The van der Waals surface area contributed by atoms with Crippen molar-refractivity contribution >= 4 is 28.2 Å². The van der Waals surface area contributed by atoms with E-state index in [0.717, 1.165) is 33.3 Å². The predicted molar refractivity (Wildman–Crippen MR) is 144 cm³/mol. The highest BCUT2D eigenvalue weighted by Gasteiger charge is 2.19. The number of carboxylic acid groups (broad SMARTS) is 1. The van der Waals surface area contributed by atoms with E-state index in [1.165, 1.54) is 12.1 Å². The Morgan fingerprint density at radius 2 is 1.59 bits per heavy atom. The molecule has 184 valence electrons. The summed E-state index contributed by atoms with van der Waals surface area (Å²) < 4.78 is 1.75. The molecule has 4 aromatic carbocycles. The van der Waals surface area contributed by atoms with E-state index >= 15 is 0 Å². The first kappa shape index (κ1) is 23.8. The number of hydrogen-bond acceptors (Lipinski definition) is 5. The number of rotatable bonds is 5. The standard InChI is InChI=1S/C30H25N3O4/c1-17-10-13-24-26(14-17)33(22-12-11-18(2)19(3)15-22)29(35)27(24)32-31-25-9-5-8-23(28(25)34)20-6-4-7-21(16-20)30(36)37/h4-16,34-35H,1-3H3,(H,36,37). The van der Waals surface area contributed by atoms with Gasteiger partial charge in [-0.25, -0.2) is 4.79 Å². The molecule has 0 unspecified atom stereocenters. The number of hydrogen-bond donors (Lipinski definition) is 3. The predicted octanol–water partition coefficient (Wildman–Crippen LogP) is 7.75. The molecule has 0 saturated heterocycles. The molecule has 0 atom stereocenters. The second-order valence-electron chi connectivity index (χ2n) is 9.06. The SMILES string of the molecule is Cc1ccc2c(N=Nc3cccc(-c4cccc(C(=O)O)c4)c3O)c(O)n(-c3ccc(C)c(C)c3)c2c1. The lowest BCUT2D eigenvalue weighted by Crippen LogP contribution is -1.95. The van der Waals surface area contributed by atoms with Gasteiger partial charge in [-0.3, -0.25) is 4.57 Å². The molecule has 37 heavy (non-hydrogen) atoms. The van der Waals surface area contributed by atoms with Crippen LogP contribution in [0.2, 0.25) is 0 Å². The van der Waals surface area contributed by atoms with Gasteiger partial charge in [-0.05, 0) is 79.4 Å². The zero-order valence-corrected chi connectivity index (χ0v) is 20.6. The summed E-state index contributed by atoms with van der Waals surface area (Å²) in [4.78, 5) is 11.4. The second-order valence-corrected chi connectivity index (χ2v) is 9.06. The summed E-state index contributed by atoms with van der Waals surface area (Å²) in [5.41, 5.74) is 6.44. The zero-order valence-electron chi connectivity index (χ0n) is 20.6. The molecule has 0 saturated carbocycles. The van der Waals surface area contributed by atoms with Crippen LogP contribution in [0.15, 0.2) is 89.1 Å². The van der Waals surface area contributed by atoms with E-state index in [1.807, 2.05) is 57.2 Å². The van der Waals surface area contributed by atoms with Crippen LogP contribution in [0, 0.1) is 20.8 Å². The lowest BCUT2D eigenvalue weighted by atomic mass is 10.0. The van der Waals surface area contributed by atoms with Crippen LogP contribution in [0.5, 0.6) is 11.6 Å². The molecule has 5 aromatic rings. The van der Waals surface area contributed by atoms with Crippen LogP contribution in [-0.4, -0.2) is 25.9 Å². The van der Waals surface area contributed by atoms with Gasteiger partial charge in [0.1, 0.15) is 5.69 Å². The van der Waals surface area contributed by atoms with Crippen molar-refractivity contribution in [3.8, 4) is 28.4 Å². The van der Waals surface area contributed by atoms with Crippen molar-refractivity contribution < 1.29 is 20.1 Å². The fraction of sp³-hybridized carbons (Fsp3) is 0.100. The average Bonchev–Trinajstić information content (AvgIpc) is 3.15. The van der Waals surface area contributed by atoms with Gasteiger partial charge in [-0.2, -0.15) is 0 Å². The van der Waals surface area contributed by atoms with Crippen molar-refractivity contribution in [2.24, 2.45) is 10.2 Å². The zero-order chi connectivity index (χ0) is 26.3. The number of nitrogens with zero attached hydrogens (tertiary/aromatic N) is 3. The third-order valence-electron chi connectivity index (χ3n) is 6.51. The molecule has 0 fully saturated rings. The van der Waals surface area contributed by atoms with Crippen molar-refractivity contribution in [3.05, 3.63) is 101 Å². The molecular formula is C30H25N3O4. The minimum Gasteiger partial charge on any atom is -0.505 e. The molecule has 1 heterocycles. The van der Waals surface area contributed by atoms with E-state index in [0.29, 0.717) is 11.1 Å². The summed E-state index contributed by atoms with van der Waals surface area (Å²) >= 11 is 0. The van der Waals surface area contributed by atoms with Gasteiger partial charge in [0.2, 0.25) is 5.88 Å². The van der Waals surface area contributed by atoms with E-state index in [-0.39, 0.29) is 28.6 Å². The summed E-state index contributed by atoms with van der Waals surface area (Å²) in [7, 11) is 0. The summed E-state index contributed by atoms with van der Waals surface area (Å²) in [6.45, 7) is 6.04. The van der Waals surface area contributed by atoms with Crippen molar-refractivity contribution in [1.82, 2.24) is 4.57 Å². The molecule has 0 bridgehead atoms. The monoisotopic (exact) mass is 491 g/mol. The maximum atomic E-state index is 11.4. The van der Waals surface area contributed by atoms with Crippen molar-refractivity contribution in [1.29, 1.82) is 0 Å². The number of benzene rings is 4. The maximum absolute atomic E-state index is 11.4. The number of aromatic carboxylic acids is 1. The van der Waals surface area contributed by atoms with E-state index in [9.17, 15) is 20.1 Å². The van der Waals surface area contributed by atoms with Gasteiger partial charge in [-0.15, -0.1) is 10.2 Å². The minimum absolute atomic E-state index is 0.0580. The highest BCUT2D eigenvalue weighted by Crippen LogP contribution is 2.43. The van der Waals surface area contributed by atoms with E-state index in [4.69, 9.17) is 0 Å². The van der Waals surface area contributed by atoms with Crippen LogP contribution in [0.4, 0.5) is 11.4 Å². The normalized spacial score (nSPS) is 11.4. The summed E-state index contributed by atoms with van der Waals surface area (Å²) in [5, 5.41) is 40.9. The lowest BCUT2D eigenvalue weighted by Gasteiger charge is -2.10. The lowest BCUT2D eigenvalue weighted by molar-refractivity contribution is 0.0697. The third kappa shape index (κ3) is 4.31. The highest BCUT2D eigenvalue weighted by molar-refractivity contribution is 5.97. The van der Waals surface area contributed by atoms with Crippen molar-refractivity contribution in [3.63, 3.8) is 0 Å². The van der Waals surface area contributed by atoms with E-state index < -0.39 is 5.97 Å². The van der Waals surface area contributed by atoms with Gasteiger partial charge >= 0.3 is 5.97 Å². The van der Waals surface area contributed by atoms with E-state index in [2.05, 4.69) is 10.2 Å². The van der Waals surface area contributed by atoms with E-state index in [1.54, 1.807) is 34.9 Å². The number of fused-ring (bicyclic) bond motifs is 1. The number of aromatic nitrogens is 1. The number of aromatic hydroxyl groups is 2. The molecule has 0 aliphatic carbocycles. The smallest absolute Gasteiger partial charge is 0.335 e. The number of para-hydroxylation sites is 1. The van der Waals surface area contributed by atoms with Crippen LogP contribution in [0.1, 0.15) is 27.0 Å². The van der Waals surface area contributed by atoms with Crippen LogP contribution in [0.3, 0.4) is 0 Å². The van der Waals surface area contributed by atoms with Crippen LogP contribution in [-0.2, 0) is 0 Å². The first-order chi connectivity index (χ1) is 17.7. The maximum Gasteiger partial charge on any atom is 0.335 e. The minimum atomic E-state index is -1.05. The number of phenols is 1. The number of azo groups is 1. The van der Waals surface area contributed by atoms with Crippen molar-refractivity contribution in [2.75, 3.05) is 0 Å². The number of phenolic OH excluding ortho intramolecular Hbond substituents is 1. The van der Waals surface area contributed by atoms with Gasteiger partial charge in [0.05, 0.1) is 11.1 Å². The van der Waals surface area contributed by atoms with Crippen LogP contribution >= 0.6 is 0 Å². The topological polar surface area (TPSA) is 107 Å². The van der Waals surface area contributed by atoms with Crippen LogP contribution < -0.4 is 0 Å². The molecule has 0 amide bonds. The third-order valence-corrected chi connectivity index (χ3v) is 6.51. The average molecular weight is 492 g/mol. The Morgan fingerprint density at radius 3 is 2.35 bits per heavy atom. The fourth-order valence-electron chi connectivity index (χ4n) is 4.36. The molecule has 7 nitrogen and oxygen atoms in total. The molecule has 7 heteroatoms. The first-order valence-corrected chi connectivity index (χ1v) is 11.7. The molecular weight excluding hydrogens is 466 g/mol. The summed E-state index contributed by atoms with van der Waals surface area (Å²) in [5.74, 6) is -1.25. The Bertz CT molecular complexity index is 1720. The molecule has 0 radical (unpaired) electrons. The highest BCUT2D eigenvalue weighted by atomic mass is 16.4. The van der Waals surface area contributed by atoms with Gasteiger partial charge in [-0.1, -0.05) is 42.5 Å². The molecule has 0 spiro atoms. The van der Waals surface area contributed by atoms with Gasteiger partial charge in [0.25, 0.3) is 0 Å². The quantitative estimate of drug-likeness (QED) is 0.218. The van der Waals surface area contributed by atoms with Crippen LogP contribution in [0.25, 0.3) is 27.7 Å². The summed E-state index contributed by atoms with van der Waals surface area (Å²) in [6.07, 6.45) is 0. The Morgan fingerprint density at radius 1 is 0.811 bits per heavy atom. The second kappa shape index (κ2) is 9.28. The number of carboxylic acids is 1. The molecule has 0 aliphatic rings.